The van der Waals surface area contributed by atoms with Gasteiger partial charge >= 0.3 is 5.69 Å². The van der Waals surface area contributed by atoms with Crippen LogP contribution in [0.3, 0.4) is 0 Å². The number of rotatable bonds is 3. The summed E-state index contributed by atoms with van der Waals surface area (Å²) in [6.07, 6.45) is 2.58. The van der Waals surface area contributed by atoms with E-state index in [9.17, 15) is 18.0 Å². The van der Waals surface area contributed by atoms with Gasteiger partial charge in [-0.2, -0.15) is 4.68 Å². The molecule has 13 heteroatoms. The minimum absolute atomic E-state index is 0.00512. The molecule has 136 valence electrons. The summed E-state index contributed by atoms with van der Waals surface area (Å²) in [4.78, 5) is 28.3. The number of halogens is 1. The van der Waals surface area contributed by atoms with Gasteiger partial charge in [-0.25, -0.2) is 27.7 Å². The number of nitrogens with two attached hydrogens (primary N) is 1. The maximum atomic E-state index is 12.5. The van der Waals surface area contributed by atoms with Crippen LogP contribution in [-0.2, 0) is 17.1 Å². The maximum absolute atomic E-state index is 12.5. The fraction of sp³-hybridized carbons (Fsp3) is 0.583. The van der Waals surface area contributed by atoms with E-state index in [1.165, 1.54) is 13.4 Å². The molecule has 11 nitrogen and oxygen atoms in total. The molecule has 3 atom stereocenters. The highest BCUT2D eigenvalue weighted by Crippen LogP contribution is 2.28. The first kappa shape index (κ1) is 17.8. The summed E-state index contributed by atoms with van der Waals surface area (Å²) in [5, 5.41) is 13.5. The molecule has 1 aliphatic rings. The fourth-order valence-electron chi connectivity index (χ4n) is 2.89. The van der Waals surface area contributed by atoms with Crippen molar-refractivity contribution in [3.8, 4) is 0 Å². The Balaban J connectivity index is 1.85. The number of nitrogens with zero attached hydrogens (tertiary/aromatic N) is 5. The van der Waals surface area contributed by atoms with E-state index >= 15 is 0 Å². The lowest BCUT2D eigenvalue weighted by Gasteiger charge is -2.33. The standard InChI is InChI=1S/C12H16ClN7O4S/c1-19-12(22)20-5-15-9(10(20)17-18-19)11(21)16-6-3-2-4-7(8(6)13)25(14,23)24/h5-8H,2-4H2,1H3,(H,16,21)(H2,14,23,24). The Morgan fingerprint density at radius 1 is 1.44 bits per heavy atom. The van der Waals surface area contributed by atoms with Crippen LogP contribution in [0.25, 0.3) is 5.65 Å². The number of carbonyl (C=O) groups excluding carboxylic acids is 1. The van der Waals surface area contributed by atoms with Crippen molar-refractivity contribution in [2.75, 3.05) is 0 Å². The van der Waals surface area contributed by atoms with Gasteiger partial charge in [0.2, 0.25) is 10.0 Å². The van der Waals surface area contributed by atoms with Crippen molar-refractivity contribution in [1.82, 2.24) is 29.7 Å². The first-order valence-electron chi connectivity index (χ1n) is 7.43. The predicted molar refractivity (Wildman–Crippen MR) is 87.7 cm³/mol. The van der Waals surface area contributed by atoms with Crippen molar-refractivity contribution in [2.45, 2.75) is 35.9 Å². The van der Waals surface area contributed by atoms with Gasteiger partial charge in [-0.05, 0) is 19.3 Å². The summed E-state index contributed by atoms with van der Waals surface area (Å²) in [6, 6.07) is -0.595. The van der Waals surface area contributed by atoms with Crippen LogP contribution in [0.15, 0.2) is 11.1 Å². The van der Waals surface area contributed by atoms with Crippen molar-refractivity contribution >= 4 is 33.2 Å². The van der Waals surface area contributed by atoms with Crippen LogP contribution >= 0.6 is 11.6 Å². The molecule has 3 rings (SSSR count). The molecule has 0 spiro atoms. The summed E-state index contributed by atoms with van der Waals surface area (Å²) in [6.45, 7) is 0. The van der Waals surface area contributed by atoms with E-state index < -0.39 is 38.3 Å². The van der Waals surface area contributed by atoms with Crippen LogP contribution in [0.5, 0.6) is 0 Å². The first-order chi connectivity index (χ1) is 11.7. The van der Waals surface area contributed by atoms with Crippen molar-refractivity contribution in [3.63, 3.8) is 0 Å². The minimum atomic E-state index is -3.81. The third-order valence-corrected chi connectivity index (χ3v) is 6.33. The van der Waals surface area contributed by atoms with Crippen LogP contribution in [0.4, 0.5) is 0 Å². The Bertz CT molecular complexity index is 985. The number of fused-ring (bicyclic) bond motifs is 1. The van der Waals surface area contributed by atoms with Crippen molar-refractivity contribution < 1.29 is 13.2 Å². The molecule has 0 bridgehead atoms. The Morgan fingerprint density at radius 3 is 2.84 bits per heavy atom. The Hall–Kier alpha value is -2.05. The summed E-state index contributed by atoms with van der Waals surface area (Å²) >= 11 is 6.22. The number of alkyl halides is 1. The number of imidazole rings is 1. The van der Waals surface area contributed by atoms with Crippen LogP contribution in [0, 0.1) is 0 Å². The van der Waals surface area contributed by atoms with E-state index in [4.69, 9.17) is 16.7 Å². The third-order valence-electron chi connectivity index (χ3n) is 4.20. The zero-order valence-corrected chi connectivity index (χ0v) is 14.7. The van der Waals surface area contributed by atoms with Gasteiger partial charge in [-0.1, -0.05) is 5.21 Å². The smallest absolute Gasteiger partial charge is 0.346 e. The highest BCUT2D eigenvalue weighted by atomic mass is 35.5. The van der Waals surface area contributed by atoms with E-state index in [-0.39, 0.29) is 11.3 Å². The monoisotopic (exact) mass is 389 g/mol. The summed E-state index contributed by atoms with van der Waals surface area (Å²) in [5.41, 5.74) is -0.587. The second-order valence-corrected chi connectivity index (χ2v) is 8.15. The number of hydrogen-bond donors (Lipinski definition) is 2. The predicted octanol–water partition coefficient (Wildman–Crippen LogP) is -1.63. The van der Waals surface area contributed by atoms with Gasteiger partial charge < -0.3 is 5.32 Å². The second-order valence-electron chi connectivity index (χ2n) is 5.87. The van der Waals surface area contributed by atoms with Gasteiger partial charge in [0.1, 0.15) is 6.33 Å². The van der Waals surface area contributed by atoms with Crippen LogP contribution in [0.1, 0.15) is 29.8 Å². The fourth-order valence-corrected chi connectivity index (χ4v) is 4.68. The minimum Gasteiger partial charge on any atom is -0.346 e. The van der Waals surface area contributed by atoms with E-state index in [0.717, 1.165) is 9.08 Å². The summed E-state index contributed by atoms with van der Waals surface area (Å²) in [7, 11) is -2.39. The van der Waals surface area contributed by atoms with Gasteiger partial charge in [0.15, 0.2) is 11.3 Å². The lowest BCUT2D eigenvalue weighted by atomic mass is 9.94. The van der Waals surface area contributed by atoms with Gasteiger partial charge in [0.25, 0.3) is 5.91 Å². The molecule has 1 aliphatic carbocycles. The maximum Gasteiger partial charge on any atom is 0.352 e. The molecule has 3 unspecified atom stereocenters. The normalized spacial score (nSPS) is 24.4. The van der Waals surface area contributed by atoms with Crippen LogP contribution in [0.2, 0.25) is 0 Å². The topological polar surface area (TPSA) is 154 Å². The molecule has 0 radical (unpaired) electrons. The van der Waals surface area contributed by atoms with E-state index in [2.05, 4.69) is 20.6 Å². The molecule has 1 amide bonds. The van der Waals surface area contributed by atoms with Gasteiger partial charge in [0, 0.05) is 13.1 Å². The van der Waals surface area contributed by atoms with Crippen LogP contribution in [-0.4, -0.2) is 55.4 Å². The zero-order valence-electron chi connectivity index (χ0n) is 13.2. The Morgan fingerprint density at radius 2 is 2.16 bits per heavy atom. The van der Waals surface area contributed by atoms with Crippen molar-refractivity contribution in [2.24, 2.45) is 12.2 Å². The SMILES string of the molecule is Cn1nnc2c(C(=O)NC3CCCC(S(N)(=O)=O)C3Cl)ncn2c1=O. The quantitative estimate of drug-likeness (QED) is 0.597. The van der Waals surface area contributed by atoms with E-state index in [1.54, 1.807) is 0 Å². The zero-order chi connectivity index (χ0) is 18.4. The Kier molecular flexibility index (Phi) is 4.51. The average molecular weight is 390 g/mol. The molecule has 3 N–H and O–H groups in total. The number of sulfonamides is 1. The average Bonchev–Trinajstić information content (AvgIpc) is 2.96. The molecule has 25 heavy (non-hydrogen) atoms. The molecule has 0 saturated heterocycles. The molecular weight excluding hydrogens is 374 g/mol. The van der Waals surface area contributed by atoms with Crippen LogP contribution < -0.4 is 16.1 Å². The number of nitrogens with one attached hydrogen (secondary N) is 1. The molecule has 2 aromatic heterocycles. The summed E-state index contributed by atoms with van der Waals surface area (Å²) < 4.78 is 25.3. The van der Waals surface area contributed by atoms with Crippen molar-refractivity contribution in [3.05, 3.63) is 22.5 Å². The Labute approximate surface area is 147 Å². The van der Waals surface area contributed by atoms with E-state index in [1.807, 2.05) is 0 Å². The molecule has 2 aromatic rings. The molecular formula is C12H16ClN7O4S. The van der Waals surface area contributed by atoms with E-state index in [0.29, 0.717) is 19.3 Å². The number of amides is 1. The molecule has 1 saturated carbocycles. The van der Waals surface area contributed by atoms with Gasteiger partial charge in [-0.3, -0.25) is 4.79 Å². The lowest BCUT2D eigenvalue weighted by Crippen LogP contribution is -2.52. The van der Waals surface area contributed by atoms with Gasteiger partial charge in [0.05, 0.1) is 10.6 Å². The number of primary sulfonamides is 1. The first-order valence-corrected chi connectivity index (χ1v) is 9.48. The number of aromatic nitrogens is 5. The largest absolute Gasteiger partial charge is 0.352 e. The highest BCUT2D eigenvalue weighted by molar-refractivity contribution is 7.89. The summed E-state index contributed by atoms with van der Waals surface area (Å²) in [5.74, 6) is -0.615. The third kappa shape index (κ3) is 3.24. The van der Waals surface area contributed by atoms with Gasteiger partial charge in [-0.15, -0.1) is 16.7 Å². The molecule has 0 aliphatic heterocycles. The number of aryl methyl sites for hydroxylation is 1. The molecule has 1 fully saturated rings. The second kappa shape index (κ2) is 6.35. The van der Waals surface area contributed by atoms with Crippen molar-refractivity contribution in [1.29, 1.82) is 0 Å². The number of carbonyl (C=O) groups is 1. The number of hydrogen-bond acceptors (Lipinski definition) is 7. The molecule has 2 heterocycles. The highest BCUT2D eigenvalue weighted by Gasteiger charge is 2.39. The lowest BCUT2D eigenvalue weighted by molar-refractivity contribution is 0.0925. The molecule has 0 aromatic carbocycles.